The van der Waals surface area contributed by atoms with Gasteiger partial charge in [0.05, 0.1) is 5.92 Å². The summed E-state index contributed by atoms with van der Waals surface area (Å²) in [5.41, 5.74) is 3.60. The van der Waals surface area contributed by atoms with Gasteiger partial charge in [-0.25, -0.2) is 0 Å². The average Bonchev–Trinajstić information content (AvgIpc) is 2.44. The normalized spacial score (nSPS) is 16.8. The van der Waals surface area contributed by atoms with E-state index >= 15 is 0 Å². The van der Waals surface area contributed by atoms with Crippen LogP contribution in [0.15, 0.2) is 52.3 Å². The molecule has 0 saturated heterocycles. The number of aldehydes is 1. The van der Waals surface area contributed by atoms with Crippen molar-refractivity contribution in [3.8, 4) is 0 Å². The zero-order chi connectivity index (χ0) is 12.5. The summed E-state index contributed by atoms with van der Waals surface area (Å²) < 4.78 is 0. The van der Waals surface area contributed by atoms with Crippen molar-refractivity contribution in [3.05, 3.63) is 59.2 Å². The highest BCUT2D eigenvalue weighted by Crippen LogP contribution is 2.45. The largest absolute Gasteiger partial charge is 0.302 e. The Bertz CT molecular complexity index is 604. The molecule has 1 aliphatic heterocycles. The second-order valence-electron chi connectivity index (χ2n) is 4.48. The lowest BCUT2D eigenvalue weighted by Gasteiger charge is -2.24. The smallest absolute Gasteiger partial charge is 0.131 e. The SMILES string of the molecule is CCc1ccc2c(c1)Sc1ccccc1C2C=O. The minimum absolute atomic E-state index is 0.108. The second kappa shape index (κ2) is 4.62. The van der Waals surface area contributed by atoms with Crippen LogP contribution in [0.2, 0.25) is 0 Å². The van der Waals surface area contributed by atoms with E-state index in [-0.39, 0.29) is 5.92 Å². The zero-order valence-corrected chi connectivity index (χ0v) is 11.0. The van der Waals surface area contributed by atoms with E-state index in [2.05, 4.69) is 37.3 Å². The van der Waals surface area contributed by atoms with Gasteiger partial charge in [-0.2, -0.15) is 0 Å². The number of carbonyl (C=O) groups excluding carboxylic acids is 1. The van der Waals surface area contributed by atoms with Crippen LogP contribution in [-0.2, 0) is 11.2 Å². The average molecular weight is 254 g/mol. The van der Waals surface area contributed by atoms with Gasteiger partial charge in [0.25, 0.3) is 0 Å². The first-order valence-electron chi connectivity index (χ1n) is 6.18. The van der Waals surface area contributed by atoms with Crippen molar-refractivity contribution in [1.82, 2.24) is 0 Å². The summed E-state index contributed by atoms with van der Waals surface area (Å²) in [5, 5.41) is 0. The predicted molar refractivity (Wildman–Crippen MR) is 74.3 cm³/mol. The molecule has 1 unspecified atom stereocenters. The number of aryl methyl sites for hydroxylation is 1. The van der Waals surface area contributed by atoms with Crippen LogP contribution in [0.4, 0.5) is 0 Å². The molecule has 0 bridgehead atoms. The monoisotopic (exact) mass is 254 g/mol. The lowest BCUT2D eigenvalue weighted by Crippen LogP contribution is -2.09. The van der Waals surface area contributed by atoms with Gasteiger partial charge >= 0.3 is 0 Å². The van der Waals surface area contributed by atoms with Gasteiger partial charge < -0.3 is 4.79 Å². The lowest BCUT2D eigenvalue weighted by atomic mass is 9.91. The molecular weight excluding hydrogens is 240 g/mol. The summed E-state index contributed by atoms with van der Waals surface area (Å²) >= 11 is 1.77. The maximum atomic E-state index is 11.4. The lowest BCUT2D eigenvalue weighted by molar-refractivity contribution is -0.108. The summed E-state index contributed by atoms with van der Waals surface area (Å²) in [4.78, 5) is 13.9. The molecule has 0 N–H and O–H groups in total. The maximum Gasteiger partial charge on any atom is 0.131 e. The van der Waals surface area contributed by atoms with Crippen LogP contribution in [0, 0.1) is 0 Å². The van der Waals surface area contributed by atoms with Crippen LogP contribution >= 0.6 is 11.8 Å². The molecular formula is C16H14OS. The van der Waals surface area contributed by atoms with E-state index in [1.54, 1.807) is 11.8 Å². The number of carbonyl (C=O) groups is 1. The highest BCUT2D eigenvalue weighted by Gasteiger charge is 2.25. The van der Waals surface area contributed by atoms with Crippen LogP contribution in [-0.4, -0.2) is 6.29 Å². The second-order valence-corrected chi connectivity index (χ2v) is 5.56. The molecule has 0 amide bonds. The van der Waals surface area contributed by atoms with Gasteiger partial charge in [0.2, 0.25) is 0 Å². The van der Waals surface area contributed by atoms with Crippen molar-refractivity contribution < 1.29 is 4.79 Å². The zero-order valence-electron chi connectivity index (χ0n) is 10.2. The molecule has 0 fully saturated rings. The first kappa shape index (κ1) is 11.5. The number of hydrogen-bond acceptors (Lipinski definition) is 2. The van der Waals surface area contributed by atoms with Gasteiger partial charge in [0, 0.05) is 9.79 Å². The quantitative estimate of drug-likeness (QED) is 0.752. The molecule has 90 valence electrons. The number of hydrogen-bond donors (Lipinski definition) is 0. The van der Waals surface area contributed by atoms with E-state index in [9.17, 15) is 4.79 Å². The topological polar surface area (TPSA) is 17.1 Å². The number of rotatable bonds is 2. The van der Waals surface area contributed by atoms with Crippen molar-refractivity contribution in [2.75, 3.05) is 0 Å². The molecule has 1 aliphatic rings. The van der Waals surface area contributed by atoms with Crippen molar-refractivity contribution >= 4 is 18.0 Å². The van der Waals surface area contributed by atoms with Crippen LogP contribution in [0.1, 0.15) is 29.5 Å². The molecule has 3 rings (SSSR count). The van der Waals surface area contributed by atoms with Crippen LogP contribution in [0.25, 0.3) is 0 Å². The molecule has 0 spiro atoms. The molecule has 1 atom stereocenters. The van der Waals surface area contributed by atoms with Crippen LogP contribution in [0.3, 0.4) is 0 Å². The Labute approximate surface area is 111 Å². The molecule has 0 radical (unpaired) electrons. The van der Waals surface area contributed by atoms with Gasteiger partial charge in [0.15, 0.2) is 0 Å². The summed E-state index contributed by atoms with van der Waals surface area (Å²) in [6.45, 7) is 2.15. The molecule has 0 aliphatic carbocycles. The Balaban J connectivity index is 2.16. The summed E-state index contributed by atoms with van der Waals surface area (Å²) in [6, 6.07) is 14.6. The minimum Gasteiger partial charge on any atom is -0.302 e. The molecule has 0 saturated carbocycles. The van der Waals surface area contributed by atoms with E-state index in [1.165, 1.54) is 15.4 Å². The fourth-order valence-electron chi connectivity index (χ4n) is 2.41. The van der Waals surface area contributed by atoms with Crippen molar-refractivity contribution in [2.24, 2.45) is 0 Å². The van der Waals surface area contributed by atoms with Gasteiger partial charge in [-0.15, -0.1) is 0 Å². The number of benzene rings is 2. The molecule has 2 heteroatoms. The van der Waals surface area contributed by atoms with Gasteiger partial charge in [0.1, 0.15) is 6.29 Å². The van der Waals surface area contributed by atoms with Crippen molar-refractivity contribution in [1.29, 1.82) is 0 Å². The molecule has 1 nitrogen and oxygen atoms in total. The fourth-order valence-corrected chi connectivity index (χ4v) is 3.63. The van der Waals surface area contributed by atoms with Gasteiger partial charge in [-0.1, -0.05) is 49.0 Å². The first-order chi connectivity index (χ1) is 8.83. The third-order valence-electron chi connectivity index (χ3n) is 3.43. The van der Waals surface area contributed by atoms with Crippen LogP contribution in [0.5, 0.6) is 0 Å². The van der Waals surface area contributed by atoms with E-state index < -0.39 is 0 Å². The van der Waals surface area contributed by atoms with Gasteiger partial charge in [-0.05, 0) is 35.2 Å². The summed E-state index contributed by atoms with van der Waals surface area (Å²) in [5.74, 6) is -0.108. The molecule has 0 aromatic heterocycles. The van der Waals surface area contributed by atoms with Crippen molar-refractivity contribution in [2.45, 2.75) is 29.1 Å². The Kier molecular flexibility index (Phi) is 2.96. The Morgan fingerprint density at radius 1 is 1.11 bits per heavy atom. The Morgan fingerprint density at radius 2 is 1.89 bits per heavy atom. The Hall–Kier alpha value is -1.54. The van der Waals surface area contributed by atoms with E-state index in [1.807, 2.05) is 12.1 Å². The van der Waals surface area contributed by atoms with E-state index in [0.29, 0.717) is 0 Å². The van der Waals surface area contributed by atoms with Crippen molar-refractivity contribution in [3.63, 3.8) is 0 Å². The highest BCUT2D eigenvalue weighted by molar-refractivity contribution is 7.99. The minimum atomic E-state index is -0.108. The molecule has 2 aromatic carbocycles. The third-order valence-corrected chi connectivity index (χ3v) is 4.60. The first-order valence-corrected chi connectivity index (χ1v) is 7.00. The predicted octanol–water partition coefficient (Wildman–Crippen LogP) is 4.04. The highest BCUT2D eigenvalue weighted by atomic mass is 32.2. The standard InChI is InChI=1S/C16H14OS/c1-2-11-7-8-13-14(10-17)12-5-3-4-6-15(12)18-16(13)9-11/h3-10,14H,2H2,1H3. The molecule has 2 aromatic rings. The summed E-state index contributed by atoms with van der Waals surface area (Å²) in [7, 11) is 0. The van der Waals surface area contributed by atoms with E-state index in [4.69, 9.17) is 0 Å². The third kappa shape index (κ3) is 1.77. The molecule has 1 heterocycles. The number of fused-ring (bicyclic) bond motifs is 2. The summed E-state index contributed by atoms with van der Waals surface area (Å²) in [6.07, 6.45) is 2.09. The molecule has 18 heavy (non-hydrogen) atoms. The Morgan fingerprint density at radius 3 is 2.67 bits per heavy atom. The van der Waals surface area contributed by atoms with Crippen LogP contribution < -0.4 is 0 Å². The van der Waals surface area contributed by atoms with Gasteiger partial charge in [-0.3, -0.25) is 0 Å². The maximum absolute atomic E-state index is 11.4. The van der Waals surface area contributed by atoms with E-state index in [0.717, 1.165) is 23.8 Å². The fraction of sp³-hybridized carbons (Fsp3) is 0.188.